The molecule has 114 valence electrons. The van der Waals surface area contributed by atoms with Gasteiger partial charge in [-0.1, -0.05) is 31.2 Å². The zero-order valence-corrected chi connectivity index (χ0v) is 13.9. The molecule has 1 heterocycles. The summed E-state index contributed by atoms with van der Waals surface area (Å²) in [5.74, 6) is 0.340. The highest BCUT2D eigenvalue weighted by Crippen LogP contribution is 2.42. The first-order chi connectivity index (χ1) is 9.90. The molecule has 0 spiro atoms. The number of benzene rings is 1. The van der Waals surface area contributed by atoms with Crippen molar-refractivity contribution in [2.75, 3.05) is 0 Å². The van der Waals surface area contributed by atoms with Gasteiger partial charge in [0.2, 0.25) is 0 Å². The molecule has 1 aromatic carbocycles. The lowest BCUT2D eigenvalue weighted by Gasteiger charge is -2.31. The topological polar surface area (TPSA) is 12.0 Å². The molecule has 1 aliphatic heterocycles. The fourth-order valence-corrected chi connectivity index (χ4v) is 3.77. The lowest BCUT2D eigenvalue weighted by atomic mass is 9.92. The molecule has 3 heteroatoms. The minimum absolute atomic E-state index is 0.0483. The molecular formula is C18H24FNS. The van der Waals surface area contributed by atoms with Crippen LogP contribution < -0.4 is 4.72 Å². The Labute approximate surface area is 131 Å². The molecule has 0 amide bonds. The number of hydrogen-bond acceptors (Lipinski definition) is 2. The van der Waals surface area contributed by atoms with Crippen LogP contribution in [0.1, 0.15) is 48.6 Å². The number of aryl methyl sites for hydroxylation is 1. The summed E-state index contributed by atoms with van der Waals surface area (Å²) < 4.78 is 18.0. The third kappa shape index (κ3) is 3.70. The van der Waals surface area contributed by atoms with E-state index in [-0.39, 0.29) is 11.1 Å². The number of halogens is 1. The molecule has 1 aliphatic rings. The number of rotatable bonds is 4. The Morgan fingerprint density at radius 1 is 1.48 bits per heavy atom. The van der Waals surface area contributed by atoms with Gasteiger partial charge in [0.05, 0.1) is 5.25 Å². The average Bonchev–Trinajstić information content (AvgIpc) is 2.41. The van der Waals surface area contributed by atoms with Gasteiger partial charge in [-0.25, -0.2) is 4.39 Å². The molecule has 1 saturated heterocycles. The first kappa shape index (κ1) is 16.2. The minimum atomic E-state index is -0.0483. The highest BCUT2D eigenvalue weighted by Gasteiger charge is 2.28. The van der Waals surface area contributed by atoms with Crippen molar-refractivity contribution in [1.82, 2.24) is 4.72 Å². The average molecular weight is 305 g/mol. The van der Waals surface area contributed by atoms with E-state index < -0.39 is 0 Å². The first-order valence-electron chi connectivity index (χ1n) is 7.41. The zero-order valence-electron chi connectivity index (χ0n) is 13.1. The Balaban J connectivity index is 2.24. The molecule has 1 fully saturated rings. The molecule has 2 rings (SSSR count). The fraction of sp³-hybridized carbons (Fsp3) is 0.444. The maximum Gasteiger partial charge on any atom is 0.130 e. The highest BCUT2D eigenvalue weighted by atomic mass is 32.2. The molecule has 0 saturated carbocycles. The first-order valence-corrected chi connectivity index (χ1v) is 8.29. The molecular weight excluding hydrogens is 281 g/mol. The third-order valence-corrected chi connectivity index (χ3v) is 5.45. The van der Waals surface area contributed by atoms with Gasteiger partial charge in [0, 0.05) is 11.3 Å². The van der Waals surface area contributed by atoms with Gasteiger partial charge in [0.1, 0.15) is 5.82 Å². The van der Waals surface area contributed by atoms with Crippen molar-refractivity contribution < 1.29 is 4.39 Å². The Kier molecular flexibility index (Phi) is 5.15. The Morgan fingerprint density at radius 2 is 2.19 bits per heavy atom. The summed E-state index contributed by atoms with van der Waals surface area (Å²) in [5, 5.41) is 0.143. The van der Waals surface area contributed by atoms with Crippen LogP contribution in [0.15, 0.2) is 36.6 Å². The van der Waals surface area contributed by atoms with Gasteiger partial charge in [0.25, 0.3) is 0 Å². The van der Waals surface area contributed by atoms with Gasteiger partial charge in [0.15, 0.2) is 0 Å². The summed E-state index contributed by atoms with van der Waals surface area (Å²) in [6, 6.07) is 4.04. The van der Waals surface area contributed by atoms with Crippen LogP contribution in [0.4, 0.5) is 4.39 Å². The van der Waals surface area contributed by atoms with E-state index in [9.17, 15) is 4.39 Å². The van der Waals surface area contributed by atoms with Crippen LogP contribution >= 0.6 is 11.9 Å². The molecule has 1 aromatic rings. The van der Waals surface area contributed by atoms with Gasteiger partial charge < -0.3 is 4.72 Å². The smallest absolute Gasteiger partial charge is 0.130 e. The van der Waals surface area contributed by atoms with Gasteiger partial charge in [-0.15, -0.1) is 6.58 Å². The molecule has 0 radical (unpaired) electrons. The maximum absolute atomic E-state index is 14.8. The van der Waals surface area contributed by atoms with Crippen molar-refractivity contribution >= 4 is 11.9 Å². The zero-order chi connectivity index (χ0) is 15.6. The summed E-state index contributed by atoms with van der Waals surface area (Å²) in [5.41, 5.74) is 4.84. The monoisotopic (exact) mass is 305 g/mol. The van der Waals surface area contributed by atoms with Crippen molar-refractivity contribution in [3.05, 3.63) is 59.1 Å². The van der Waals surface area contributed by atoms with Crippen LogP contribution in [0.5, 0.6) is 0 Å². The van der Waals surface area contributed by atoms with E-state index in [0.717, 1.165) is 47.2 Å². The molecule has 1 N–H and O–H groups in total. The molecule has 2 unspecified atom stereocenters. The summed E-state index contributed by atoms with van der Waals surface area (Å²) in [7, 11) is 0. The van der Waals surface area contributed by atoms with E-state index in [4.69, 9.17) is 0 Å². The van der Waals surface area contributed by atoms with Gasteiger partial charge in [-0.3, -0.25) is 0 Å². The largest absolute Gasteiger partial charge is 0.334 e. The molecule has 2 atom stereocenters. The van der Waals surface area contributed by atoms with Crippen molar-refractivity contribution in [1.29, 1.82) is 0 Å². The number of allylic oxidation sites excluding steroid dienone is 2. The van der Waals surface area contributed by atoms with Crippen LogP contribution in [-0.2, 0) is 6.42 Å². The van der Waals surface area contributed by atoms with E-state index in [0.29, 0.717) is 5.92 Å². The highest BCUT2D eigenvalue weighted by molar-refractivity contribution is 7.97. The standard InChI is InChI=1S/C18H24FNS/c1-11(2)6-7-15-8-9-16(17(19)14(15)5)18-12(3)10-13(4)20-21-18/h8-9,12,18,20H,1,4,6-7,10H2,2-3,5H3. The van der Waals surface area contributed by atoms with E-state index in [1.165, 1.54) is 0 Å². The van der Waals surface area contributed by atoms with Crippen LogP contribution in [-0.4, -0.2) is 0 Å². The summed E-state index contributed by atoms with van der Waals surface area (Å²) in [6.45, 7) is 13.9. The van der Waals surface area contributed by atoms with Crippen LogP contribution in [0.25, 0.3) is 0 Å². The van der Waals surface area contributed by atoms with Crippen LogP contribution in [0, 0.1) is 18.7 Å². The van der Waals surface area contributed by atoms with Gasteiger partial charge in [-0.05, 0) is 62.1 Å². The summed E-state index contributed by atoms with van der Waals surface area (Å²) >= 11 is 1.58. The van der Waals surface area contributed by atoms with Gasteiger partial charge >= 0.3 is 0 Å². The quantitative estimate of drug-likeness (QED) is 0.584. The fourth-order valence-electron chi connectivity index (χ4n) is 2.75. The Hall–Kier alpha value is -1.22. The third-order valence-electron chi connectivity index (χ3n) is 4.07. The second kappa shape index (κ2) is 6.69. The maximum atomic E-state index is 14.8. The number of nitrogens with one attached hydrogen (secondary N) is 1. The van der Waals surface area contributed by atoms with Gasteiger partial charge in [-0.2, -0.15) is 0 Å². The van der Waals surface area contributed by atoms with Crippen LogP contribution in [0.3, 0.4) is 0 Å². The van der Waals surface area contributed by atoms with Crippen molar-refractivity contribution in [2.45, 2.75) is 45.3 Å². The van der Waals surface area contributed by atoms with Crippen molar-refractivity contribution in [3.8, 4) is 0 Å². The van der Waals surface area contributed by atoms with Crippen molar-refractivity contribution in [3.63, 3.8) is 0 Å². The molecule has 0 aliphatic carbocycles. The second-order valence-electron chi connectivity index (χ2n) is 6.14. The molecule has 21 heavy (non-hydrogen) atoms. The summed E-state index contributed by atoms with van der Waals surface area (Å²) in [6.07, 6.45) is 2.67. The Bertz CT molecular complexity index is 565. The second-order valence-corrected chi connectivity index (χ2v) is 7.08. The molecule has 0 aromatic heterocycles. The lowest BCUT2D eigenvalue weighted by Crippen LogP contribution is -2.22. The van der Waals surface area contributed by atoms with Crippen molar-refractivity contribution in [2.24, 2.45) is 5.92 Å². The van der Waals surface area contributed by atoms with E-state index in [2.05, 4.69) is 30.9 Å². The van der Waals surface area contributed by atoms with E-state index in [1.54, 1.807) is 11.9 Å². The number of hydrogen-bond donors (Lipinski definition) is 1. The normalized spacial score (nSPS) is 22.0. The predicted molar refractivity (Wildman–Crippen MR) is 90.7 cm³/mol. The van der Waals surface area contributed by atoms with E-state index >= 15 is 0 Å². The molecule has 0 bridgehead atoms. The van der Waals surface area contributed by atoms with Crippen LogP contribution in [0.2, 0.25) is 0 Å². The SMILES string of the molecule is C=C(C)CCc1ccc(C2SNC(=C)CC2C)c(F)c1C. The summed E-state index contributed by atoms with van der Waals surface area (Å²) in [4.78, 5) is 0. The molecule has 1 nitrogen and oxygen atoms in total. The Morgan fingerprint density at radius 3 is 2.81 bits per heavy atom. The minimum Gasteiger partial charge on any atom is -0.334 e. The predicted octanol–water partition coefficient (Wildman–Crippen LogP) is 5.48. The lowest BCUT2D eigenvalue weighted by molar-refractivity contribution is 0.511. The van der Waals surface area contributed by atoms with E-state index in [1.807, 2.05) is 19.9 Å².